The highest BCUT2D eigenvalue weighted by molar-refractivity contribution is 6.88. The maximum absolute atomic E-state index is 3.67. The maximum atomic E-state index is 3.67. The summed E-state index contributed by atoms with van der Waals surface area (Å²) in [5.41, 5.74) is 1.41. The summed E-state index contributed by atoms with van der Waals surface area (Å²) in [6, 6.07) is 9.83. The first-order valence-corrected chi connectivity index (χ1v) is 12.0. The van der Waals surface area contributed by atoms with Gasteiger partial charge in [-0.1, -0.05) is 55.5 Å². The number of benzene rings is 1. The van der Waals surface area contributed by atoms with E-state index in [-0.39, 0.29) is 0 Å². The Labute approximate surface area is 131 Å². The van der Waals surface area contributed by atoms with Crippen LogP contribution in [0.1, 0.15) is 31.7 Å². The molecule has 1 fully saturated rings. The van der Waals surface area contributed by atoms with Crippen LogP contribution in [-0.4, -0.2) is 38.6 Å². The smallest absolute Gasteiger partial charge is 0.0775 e. The normalized spacial score (nSPS) is 18.7. The summed E-state index contributed by atoms with van der Waals surface area (Å²) in [5, 5.41) is 5.22. The zero-order valence-corrected chi connectivity index (χ0v) is 15.3. The lowest BCUT2D eigenvalue weighted by Gasteiger charge is -2.29. The second kappa shape index (κ2) is 7.57. The molecule has 1 aromatic carbocycles. The van der Waals surface area contributed by atoms with Crippen LogP contribution in [0, 0.1) is 0 Å². The van der Waals surface area contributed by atoms with E-state index in [4.69, 9.17) is 0 Å². The molecule has 21 heavy (non-hydrogen) atoms. The van der Waals surface area contributed by atoms with E-state index in [1.165, 1.54) is 44.5 Å². The molecule has 0 aliphatic carbocycles. The van der Waals surface area contributed by atoms with Gasteiger partial charge in [-0.05, 0) is 38.4 Å². The van der Waals surface area contributed by atoms with Crippen molar-refractivity contribution in [2.24, 2.45) is 0 Å². The molecule has 0 saturated carbocycles. The standard InChI is InChI=1S/C18H32N2Si/c1-16(15-20-12-6-5-7-13-20)19-14-17-8-10-18(11-9-17)21(2,3)4/h8-11,16,19H,5-7,12-15H2,1-4H3. The Bertz CT molecular complexity index is 416. The van der Waals surface area contributed by atoms with Gasteiger partial charge in [0, 0.05) is 19.1 Å². The molecule has 1 saturated heterocycles. The van der Waals surface area contributed by atoms with Gasteiger partial charge in [0.05, 0.1) is 8.07 Å². The van der Waals surface area contributed by atoms with Gasteiger partial charge < -0.3 is 10.2 Å². The third-order valence-electron chi connectivity index (χ3n) is 4.46. The number of nitrogens with zero attached hydrogens (tertiary/aromatic N) is 1. The summed E-state index contributed by atoms with van der Waals surface area (Å²) >= 11 is 0. The van der Waals surface area contributed by atoms with Crippen LogP contribution in [0.4, 0.5) is 0 Å². The van der Waals surface area contributed by atoms with Crippen molar-refractivity contribution >= 4 is 13.3 Å². The maximum Gasteiger partial charge on any atom is 0.0775 e. The average Bonchev–Trinajstić information content (AvgIpc) is 2.46. The van der Waals surface area contributed by atoms with E-state index in [0.717, 1.165) is 6.54 Å². The first-order valence-electron chi connectivity index (χ1n) is 8.50. The molecule has 1 aliphatic rings. The van der Waals surface area contributed by atoms with E-state index in [9.17, 15) is 0 Å². The third kappa shape index (κ3) is 5.57. The lowest BCUT2D eigenvalue weighted by molar-refractivity contribution is 0.209. The van der Waals surface area contributed by atoms with Gasteiger partial charge in [0.25, 0.3) is 0 Å². The van der Waals surface area contributed by atoms with Crippen LogP contribution < -0.4 is 10.5 Å². The van der Waals surface area contributed by atoms with Crippen molar-refractivity contribution in [1.82, 2.24) is 10.2 Å². The lowest BCUT2D eigenvalue weighted by atomic mass is 10.1. The van der Waals surface area contributed by atoms with Crippen molar-refractivity contribution in [3.05, 3.63) is 29.8 Å². The molecule has 2 nitrogen and oxygen atoms in total. The van der Waals surface area contributed by atoms with Gasteiger partial charge in [-0.25, -0.2) is 0 Å². The van der Waals surface area contributed by atoms with Crippen LogP contribution in [0.2, 0.25) is 19.6 Å². The fourth-order valence-electron chi connectivity index (χ4n) is 3.01. The predicted molar refractivity (Wildman–Crippen MR) is 96.0 cm³/mol. The highest BCUT2D eigenvalue weighted by atomic mass is 28.3. The van der Waals surface area contributed by atoms with Crippen molar-refractivity contribution in [2.45, 2.75) is 58.4 Å². The summed E-state index contributed by atoms with van der Waals surface area (Å²) in [6.45, 7) is 14.3. The molecule has 3 heteroatoms. The Balaban J connectivity index is 1.76. The molecule has 1 N–H and O–H groups in total. The van der Waals surface area contributed by atoms with Gasteiger partial charge in [-0.3, -0.25) is 0 Å². The minimum absolute atomic E-state index is 0.569. The first kappa shape index (κ1) is 16.7. The summed E-state index contributed by atoms with van der Waals surface area (Å²) in [7, 11) is -1.16. The quantitative estimate of drug-likeness (QED) is 0.812. The molecule has 0 bridgehead atoms. The molecule has 0 radical (unpaired) electrons. The molecule has 1 aromatic rings. The zero-order valence-electron chi connectivity index (χ0n) is 14.3. The Morgan fingerprint density at radius 3 is 2.24 bits per heavy atom. The Kier molecular flexibility index (Phi) is 6.03. The second-order valence-electron chi connectivity index (χ2n) is 7.59. The number of hydrogen-bond acceptors (Lipinski definition) is 2. The number of piperidine rings is 1. The molecule has 1 heterocycles. The molecule has 0 aromatic heterocycles. The fourth-order valence-corrected chi connectivity index (χ4v) is 4.18. The summed E-state index contributed by atoms with van der Waals surface area (Å²) in [5.74, 6) is 0. The predicted octanol–water partition coefficient (Wildman–Crippen LogP) is 3.20. The summed E-state index contributed by atoms with van der Waals surface area (Å²) < 4.78 is 0. The molecule has 1 unspecified atom stereocenters. The molecular formula is C18H32N2Si. The summed E-state index contributed by atoms with van der Waals surface area (Å²) in [4.78, 5) is 2.61. The SMILES string of the molecule is CC(CN1CCCCC1)NCc1ccc([Si](C)(C)C)cc1. The van der Waals surface area contributed by atoms with E-state index >= 15 is 0 Å². The van der Waals surface area contributed by atoms with Crippen molar-refractivity contribution in [1.29, 1.82) is 0 Å². The third-order valence-corrected chi connectivity index (χ3v) is 6.52. The second-order valence-corrected chi connectivity index (χ2v) is 12.7. The van der Waals surface area contributed by atoms with Gasteiger partial charge in [-0.2, -0.15) is 0 Å². The number of hydrogen-bond donors (Lipinski definition) is 1. The summed E-state index contributed by atoms with van der Waals surface area (Å²) in [6.07, 6.45) is 4.18. The first-order chi connectivity index (χ1) is 9.95. The van der Waals surface area contributed by atoms with Gasteiger partial charge in [0.15, 0.2) is 0 Å². The van der Waals surface area contributed by atoms with Crippen LogP contribution in [-0.2, 0) is 6.54 Å². The Morgan fingerprint density at radius 1 is 1.05 bits per heavy atom. The van der Waals surface area contributed by atoms with Gasteiger partial charge in [-0.15, -0.1) is 0 Å². The van der Waals surface area contributed by atoms with Gasteiger partial charge in [0.2, 0.25) is 0 Å². The molecule has 0 amide bonds. The van der Waals surface area contributed by atoms with Crippen molar-refractivity contribution in [3.8, 4) is 0 Å². The lowest BCUT2D eigenvalue weighted by Crippen LogP contribution is -2.41. The molecule has 1 atom stereocenters. The van der Waals surface area contributed by atoms with Crippen molar-refractivity contribution < 1.29 is 0 Å². The van der Waals surface area contributed by atoms with E-state index in [0.29, 0.717) is 6.04 Å². The van der Waals surface area contributed by atoms with E-state index in [2.05, 4.69) is 61.0 Å². The van der Waals surface area contributed by atoms with Gasteiger partial charge in [0.1, 0.15) is 0 Å². The minimum atomic E-state index is -1.16. The number of nitrogens with one attached hydrogen (secondary N) is 1. The molecule has 1 aliphatic heterocycles. The Hall–Kier alpha value is -0.643. The zero-order chi connectivity index (χ0) is 15.3. The monoisotopic (exact) mass is 304 g/mol. The van der Waals surface area contributed by atoms with Crippen molar-refractivity contribution in [3.63, 3.8) is 0 Å². The van der Waals surface area contributed by atoms with Crippen LogP contribution in [0.15, 0.2) is 24.3 Å². The number of likely N-dealkylation sites (tertiary alicyclic amines) is 1. The van der Waals surface area contributed by atoms with E-state index in [1.807, 2.05) is 0 Å². The topological polar surface area (TPSA) is 15.3 Å². The largest absolute Gasteiger partial charge is 0.309 e. The van der Waals surface area contributed by atoms with E-state index < -0.39 is 8.07 Å². The average molecular weight is 305 g/mol. The van der Waals surface area contributed by atoms with Crippen LogP contribution in [0.25, 0.3) is 0 Å². The van der Waals surface area contributed by atoms with Crippen molar-refractivity contribution in [2.75, 3.05) is 19.6 Å². The Morgan fingerprint density at radius 2 is 1.67 bits per heavy atom. The fraction of sp³-hybridized carbons (Fsp3) is 0.667. The molecule has 2 rings (SSSR count). The minimum Gasteiger partial charge on any atom is -0.309 e. The highest BCUT2D eigenvalue weighted by Crippen LogP contribution is 2.09. The number of rotatable bonds is 6. The molecule has 118 valence electrons. The van der Waals surface area contributed by atoms with E-state index in [1.54, 1.807) is 5.19 Å². The molecular weight excluding hydrogens is 272 g/mol. The highest BCUT2D eigenvalue weighted by Gasteiger charge is 2.16. The van der Waals surface area contributed by atoms with Crippen LogP contribution in [0.5, 0.6) is 0 Å². The molecule has 0 spiro atoms. The van der Waals surface area contributed by atoms with Crippen LogP contribution >= 0.6 is 0 Å². The van der Waals surface area contributed by atoms with Crippen LogP contribution in [0.3, 0.4) is 0 Å². The van der Waals surface area contributed by atoms with Gasteiger partial charge >= 0.3 is 0 Å².